The number of hydrogen-bond donors (Lipinski definition) is 2. The van der Waals surface area contributed by atoms with E-state index in [1.165, 1.54) is 16.3 Å². The Morgan fingerprint density at radius 2 is 1.96 bits per heavy atom. The Morgan fingerprint density at radius 1 is 1.17 bits per heavy atom. The highest BCUT2D eigenvalue weighted by molar-refractivity contribution is 7.10. The van der Waals surface area contributed by atoms with Crippen LogP contribution < -0.4 is 10.3 Å². The number of anilines is 1. The number of thiazole rings is 1. The van der Waals surface area contributed by atoms with Crippen LogP contribution in [0.2, 0.25) is 0 Å². The zero-order valence-electron chi connectivity index (χ0n) is 30.4. The lowest BCUT2D eigenvalue weighted by Gasteiger charge is -2.33. The summed E-state index contributed by atoms with van der Waals surface area (Å²) in [6, 6.07) is 4.91. The summed E-state index contributed by atoms with van der Waals surface area (Å²) in [5.74, 6) is -1.38. The number of hydrazine groups is 1. The van der Waals surface area contributed by atoms with Crippen LogP contribution in [-0.4, -0.2) is 89.7 Å². The molecule has 6 bridgehead atoms. The van der Waals surface area contributed by atoms with Crippen molar-refractivity contribution in [3.8, 4) is 22.5 Å². The van der Waals surface area contributed by atoms with Gasteiger partial charge in [-0.3, -0.25) is 25.0 Å². The van der Waals surface area contributed by atoms with Crippen molar-refractivity contribution in [3.63, 3.8) is 0 Å². The SMILES string of the molecule is CCn1c(-c2cc(N3CCOCC3)cnc2[C@H](C)OC)c2c3cc(c(F)cc31)-c1csc(n1)CC(=N)C(=O)N1CCC[C@H](N1)C(=O)OCC(C)(C)C2. The Kier molecular flexibility index (Phi) is 10.2. The lowest BCUT2D eigenvalue weighted by atomic mass is 9.84. The van der Waals surface area contributed by atoms with E-state index >= 15 is 4.39 Å². The van der Waals surface area contributed by atoms with E-state index in [0.29, 0.717) is 61.8 Å². The number of cyclic esters (lactones) is 1. The van der Waals surface area contributed by atoms with Gasteiger partial charge in [0.05, 0.1) is 65.4 Å². The third kappa shape index (κ3) is 6.96. The third-order valence-corrected chi connectivity index (χ3v) is 11.1. The lowest BCUT2D eigenvalue weighted by molar-refractivity contribution is -0.153. The van der Waals surface area contributed by atoms with E-state index < -0.39 is 29.2 Å². The zero-order chi connectivity index (χ0) is 36.7. The normalized spacial score (nSPS) is 20.6. The maximum atomic E-state index is 16.3. The van der Waals surface area contributed by atoms with Gasteiger partial charge in [-0.25, -0.2) is 14.8 Å². The second-order valence-electron chi connectivity index (χ2n) is 14.5. The van der Waals surface area contributed by atoms with E-state index in [0.717, 1.165) is 52.2 Å². The Morgan fingerprint density at radius 3 is 2.71 bits per heavy atom. The highest BCUT2D eigenvalue weighted by atomic mass is 32.1. The van der Waals surface area contributed by atoms with E-state index in [9.17, 15) is 9.59 Å². The first-order valence-corrected chi connectivity index (χ1v) is 18.8. The Balaban J connectivity index is 1.44. The van der Waals surface area contributed by atoms with Crippen LogP contribution in [-0.2, 0) is 43.2 Å². The number of nitrogens with one attached hydrogen (secondary N) is 2. The fraction of sp³-hybridized carbons (Fsp3) is 0.500. The summed E-state index contributed by atoms with van der Waals surface area (Å²) < 4.78 is 35.9. The molecule has 2 N–H and O–H groups in total. The molecule has 3 aromatic heterocycles. The van der Waals surface area contributed by atoms with Crippen molar-refractivity contribution < 1.29 is 28.2 Å². The molecule has 2 fully saturated rings. The van der Waals surface area contributed by atoms with Gasteiger partial charge in [0.15, 0.2) is 0 Å². The van der Waals surface area contributed by atoms with Crippen LogP contribution in [0.4, 0.5) is 10.1 Å². The summed E-state index contributed by atoms with van der Waals surface area (Å²) in [4.78, 5) is 38.7. The van der Waals surface area contributed by atoms with E-state index in [2.05, 4.69) is 41.7 Å². The van der Waals surface area contributed by atoms with Gasteiger partial charge in [0.25, 0.3) is 5.91 Å². The fourth-order valence-corrected chi connectivity index (χ4v) is 8.24. The number of esters is 1. The molecule has 7 rings (SSSR count). The first-order valence-electron chi connectivity index (χ1n) is 17.9. The molecule has 3 aliphatic rings. The number of aryl methyl sites for hydroxylation is 1. The van der Waals surface area contributed by atoms with Gasteiger partial charge in [-0.2, -0.15) is 0 Å². The number of benzene rings is 1. The van der Waals surface area contributed by atoms with Crippen LogP contribution in [0.5, 0.6) is 0 Å². The minimum absolute atomic E-state index is 0.0105. The molecule has 276 valence electrons. The minimum atomic E-state index is -0.707. The predicted molar refractivity (Wildman–Crippen MR) is 198 cm³/mol. The Bertz CT molecular complexity index is 2020. The van der Waals surface area contributed by atoms with Crippen LogP contribution in [0.25, 0.3) is 33.4 Å². The summed E-state index contributed by atoms with van der Waals surface area (Å²) in [6.07, 6.45) is 3.16. The van der Waals surface area contributed by atoms with Gasteiger partial charge in [-0.1, -0.05) is 13.8 Å². The molecule has 52 heavy (non-hydrogen) atoms. The number of rotatable bonds is 5. The minimum Gasteiger partial charge on any atom is -0.464 e. The summed E-state index contributed by atoms with van der Waals surface area (Å²) >= 11 is 1.29. The molecular formula is C38H46FN7O5S. The van der Waals surface area contributed by atoms with Crippen LogP contribution in [0.3, 0.4) is 0 Å². The molecule has 12 nitrogen and oxygen atoms in total. The predicted octanol–water partition coefficient (Wildman–Crippen LogP) is 5.71. The fourth-order valence-electron chi connectivity index (χ4n) is 7.44. The molecule has 2 atom stereocenters. The second-order valence-corrected chi connectivity index (χ2v) is 15.5. The van der Waals surface area contributed by atoms with Crippen molar-refractivity contribution in [2.45, 2.75) is 72.1 Å². The highest BCUT2D eigenvalue weighted by Gasteiger charge is 2.34. The summed E-state index contributed by atoms with van der Waals surface area (Å²) in [5.41, 5.74) is 8.35. The standard InChI is InChI=1S/C38H46FN7O5S/c1-6-45-32-16-28(39)25-15-24(32)27(35(45)26-14-23(44-10-12-50-13-11-44)19-41-34(26)22(2)49-5)18-38(3,4)21-51-37(48)30-8-7-9-46(43-30)36(47)29(40)17-33-42-31(25)20-52-33/h14-16,19-20,22,30,40,43H,6-13,17-18,21H2,1-5H3/t22-,30-/m0/s1. The molecule has 0 spiro atoms. The van der Waals surface area contributed by atoms with Gasteiger partial charge >= 0.3 is 5.97 Å². The van der Waals surface area contributed by atoms with Crippen LogP contribution in [0, 0.1) is 16.6 Å². The first-order chi connectivity index (χ1) is 25.0. The third-order valence-electron chi connectivity index (χ3n) is 10.2. The number of hydrogen-bond acceptors (Lipinski definition) is 11. The van der Waals surface area contributed by atoms with Gasteiger partial charge in [-0.15, -0.1) is 11.3 Å². The number of fused-ring (bicyclic) bond motifs is 6. The van der Waals surface area contributed by atoms with Crippen molar-refractivity contribution >= 4 is 45.5 Å². The Hall–Kier alpha value is -4.24. The summed E-state index contributed by atoms with van der Waals surface area (Å²) in [6.45, 7) is 11.9. The first kappa shape index (κ1) is 36.1. The van der Waals surface area contributed by atoms with Crippen molar-refractivity contribution in [1.82, 2.24) is 25.0 Å². The highest BCUT2D eigenvalue weighted by Crippen LogP contribution is 2.43. The number of nitrogens with zero attached hydrogens (tertiary/aromatic N) is 5. The van der Waals surface area contributed by atoms with Gasteiger partial charge < -0.3 is 23.7 Å². The molecule has 0 aliphatic carbocycles. The number of amides is 1. The van der Waals surface area contributed by atoms with Crippen molar-refractivity contribution in [3.05, 3.63) is 51.9 Å². The number of carbonyl (C=O) groups excluding carboxylic acids is 2. The van der Waals surface area contributed by atoms with Crippen molar-refractivity contribution in [2.24, 2.45) is 5.41 Å². The maximum Gasteiger partial charge on any atom is 0.324 e. The maximum absolute atomic E-state index is 16.3. The number of methoxy groups -OCH3 is 1. The topological polar surface area (TPSA) is 135 Å². The number of ether oxygens (including phenoxy) is 3. The largest absolute Gasteiger partial charge is 0.464 e. The number of carbonyl (C=O) groups is 2. The molecule has 6 heterocycles. The van der Waals surface area contributed by atoms with Crippen LogP contribution in [0.1, 0.15) is 62.9 Å². The molecule has 2 saturated heterocycles. The molecule has 0 radical (unpaired) electrons. The summed E-state index contributed by atoms with van der Waals surface area (Å²) in [7, 11) is 1.67. The van der Waals surface area contributed by atoms with Gasteiger partial charge in [0.1, 0.15) is 17.6 Å². The molecule has 1 amide bonds. The van der Waals surface area contributed by atoms with E-state index in [1.54, 1.807) is 18.6 Å². The average Bonchev–Trinajstić information content (AvgIpc) is 3.73. The molecule has 0 unspecified atom stereocenters. The summed E-state index contributed by atoms with van der Waals surface area (Å²) in [5, 5.41) is 13.1. The number of morpholine rings is 1. The van der Waals surface area contributed by atoms with Gasteiger partial charge in [0, 0.05) is 67.0 Å². The Labute approximate surface area is 306 Å². The number of pyridine rings is 1. The van der Waals surface area contributed by atoms with E-state index in [1.807, 2.05) is 19.2 Å². The van der Waals surface area contributed by atoms with Crippen molar-refractivity contribution in [2.75, 3.05) is 51.5 Å². The zero-order valence-corrected chi connectivity index (χ0v) is 31.2. The van der Waals surface area contributed by atoms with Gasteiger partial charge in [0.2, 0.25) is 0 Å². The smallest absolute Gasteiger partial charge is 0.324 e. The molecule has 14 heteroatoms. The molecule has 3 aliphatic heterocycles. The molecule has 0 saturated carbocycles. The molecule has 4 aromatic rings. The average molecular weight is 732 g/mol. The van der Waals surface area contributed by atoms with Crippen molar-refractivity contribution in [1.29, 1.82) is 5.41 Å². The molecular weight excluding hydrogens is 686 g/mol. The number of halogens is 1. The van der Waals surface area contributed by atoms with E-state index in [4.69, 9.17) is 29.6 Å². The monoisotopic (exact) mass is 731 g/mol. The lowest BCUT2D eigenvalue weighted by Crippen LogP contribution is -2.57. The second kappa shape index (κ2) is 14.6. The van der Waals surface area contributed by atoms with Crippen LogP contribution in [0.15, 0.2) is 29.8 Å². The number of aromatic nitrogens is 3. The quantitative estimate of drug-likeness (QED) is 0.248. The van der Waals surface area contributed by atoms with Gasteiger partial charge in [-0.05, 0) is 56.9 Å². The van der Waals surface area contributed by atoms with E-state index in [-0.39, 0.29) is 24.8 Å². The van der Waals surface area contributed by atoms with Crippen LogP contribution >= 0.6 is 11.3 Å². The molecule has 1 aromatic carbocycles.